The summed E-state index contributed by atoms with van der Waals surface area (Å²) in [6.45, 7) is 5.03. The van der Waals surface area contributed by atoms with Gasteiger partial charge in [0.2, 0.25) is 0 Å². The Morgan fingerprint density at radius 2 is 2.22 bits per heavy atom. The predicted molar refractivity (Wildman–Crippen MR) is 73.8 cm³/mol. The molecule has 1 aromatic rings. The Hall–Kier alpha value is -1.00. The zero-order chi connectivity index (χ0) is 13.0. The molecule has 0 aromatic heterocycles. The summed E-state index contributed by atoms with van der Waals surface area (Å²) in [7, 11) is 0. The molecule has 0 fully saturated rings. The topological polar surface area (TPSA) is 38.3 Å². The van der Waals surface area contributed by atoms with Crippen LogP contribution < -0.4 is 5.32 Å². The van der Waals surface area contributed by atoms with Crippen molar-refractivity contribution in [1.29, 1.82) is 0 Å². The molecule has 3 nitrogen and oxygen atoms in total. The van der Waals surface area contributed by atoms with Gasteiger partial charge in [-0.1, -0.05) is 25.1 Å². The van der Waals surface area contributed by atoms with Crippen LogP contribution in [-0.4, -0.2) is 24.9 Å². The van der Waals surface area contributed by atoms with Crippen molar-refractivity contribution in [2.45, 2.75) is 30.7 Å². The molecular formula is C14H19NO2S. The normalized spacial score (nSPS) is 22.3. The highest BCUT2D eigenvalue weighted by atomic mass is 32.2. The van der Waals surface area contributed by atoms with Gasteiger partial charge in [-0.25, -0.2) is 4.79 Å². The second kappa shape index (κ2) is 5.76. The van der Waals surface area contributed by atoms with E-state index in [2.05, 4.69) is 11.4 Å². The number of nitrogens with one attached hydrogen (secondary N) is 1. The Kier molecular flexibility index (Phi) is 4.30. The highest BCUT2D eigenvalue weighted by Crippen LogP contribution is 2.40. The molecule has 0 bridgehead atoms. The molecule has 18 heavy (non-hydrogen) atoms. The number of hydrogen-bond donors (Lipinski definition) is 1. The van der Waals surface area contributed by atoms with Gasteiger partial charge in [0.25, 0.3) is 0 Å². The molecular weight excluding hydrogens is 246 g/mol. The van der Waals surface area contributed by atoms with Crippen LogP contribution in [0.4, 0.5) is 0 Å². The van der Waals surface area contributed by atoms with Gasteiger partial charge in [-0.15, -0.1) is 11.8 Å². The molecule has 98 valence electrons. The quantitative estimate of drug-likeness (QED) is 0.849. The summed E-state index contributed by atoms with van der Waals surface area (Å²) < 4.78 is 5.28. The van der Waals surface area contributed by atoms with E-state index in [1.54, 1.807) is 11.8 Å². The number of esters is 1. The fourth-order valence-electron chi connectivity index (χ4n) is 2.42. The van der Waals surface area contributed by atoms with Crippen molar-refractivity contribution in [3.05, 3.63) is 29.8 Å². The van der Waals surface area contributed by atoms with Gasteiger partial charge < -0.3 is 4.74 Å². The lowest BCUT2D eigenvalue weighted by Gasteiger charge is -2.37. The number of thioether (sulfide) groups is 1. The number of likely N-dealkylation sites (N-methyl/N-ethyl adjacent to an activating group) is 1. The van der Waals surface area contributed by atoms with Gasteiger partial charge >= 0.3 is 5.97 Å². The summed E-state index contributed by atoms with van der Waals surface area (Å²) in [5, 5.41) is 3.35. The molecule has 4 heteroatoms. The third kappa shape index (κ3) is 2.27. The predicted octanol–water partition coefficient (Wildman–Crippen LogP) is 2.55. The van der Waals surface area contributed by atoms with Crippen molar-refractivity contribution in [3.8, 4) is 0 Å². The molecule has 2 rings (SSSR count). The van der Waals surface area contributed by atoms with Crippen LogP contribution in [0.25, 0.3) is 0 Å². The molecule has 0 aliphatic carbocycles. The van der Waals surface area contributed by atoms with Crippen LogP contribution in [0.15, 0.2) is 29.2 Å². The van der Waals surface area contributed by atoms with Crippen molar-refractivity contribution >= 4 is 17.7 Å². The molecule has 1 heterocycles. The third-order valence-corrected chi connectivity index (χ3v) is 4.26. The van der Waals surface area contributed by atoms with E-state index in [1.807, 2.05) is 32.0 Å². The van der Waals surface area contributed by atoms with Crippen LogP contribution in [0.5, 0.6) is 0 Å². The van der Waals surface area contributed by atoms with Crippen molar-refractivity contribution in [3.63, 3.8) is 0 Å². The first-order chi connectivity index (χ1) is 8.74. The Bertz CT molecular complexity index is 436. The zero-order valence-corrected chi connectivity index (χ0v) is 11.7. The van der Waals surface area contributed by atoms with Gasteiger partial charge in [0.05, 0.1) is 6.61 Å². The lowest BCUT2D eigenvalue weighted by molar-refractivity contribution is -0.152. The second-order valence-corrected chi connectivity index (χ2v) is 5.39. The first-order valence-corrected chi connectivity index (χ1v) is 7.37. The average molecular weight is 265 g/mol. The molecule has 0 saturated heterocycles. The Morgan fingerprint density at radius 3 is 2.94 bits per heavy atom. The minimum absolute atomic E-state index is 0.153. The molecule has 1 N–H and O–H groups in total. The number of ether oxygens (including phenoxy) is 1. The summed E-state index contributed by atoms with van der Waals surface area (Å²) in [6.07, 6.45) is 0.779. The molecule has 1 aliphatic rings. The summed E-state index contributed by atoms with van der Waals surface area (Å²) in [6, 6.07) is 8.10. The van der Waals surface area contributed by atoms with E-state index >= 15 is 0 Å². The minimum atomic E-state index is -0.660. The lowest BCUT2D eigenvalue weighted by Crippen LogP contribution is -2.52. The van der Waals surface area contributed by atoms with E-state index in [0.717, 1.165) is 24.3 Å². The van der Waals surface area contributed by atoms with Crippen LogP contribution in [0.1, 0.15) is 25.8 Å². The third-order valence-electron chi connectivity index (χ3n) is 3.18. The number of fused-ring (bicyclic) bond motifs is 1. The summed E-state index contributed by atoms with van der Waals surface area (Å²) >= 11 is 1.80. The van der Waals surface area contributed by atoms with Crippen LogP contribution in [-0.2, 0) is 15.1 Å². The highest BCUT2D eigenvalue weighted by Gasteiger charge is 2.44. The number of rotatable bonds is 4. The van der Waals surface area contributed by atoms with E-state index in [-0.39, 0.29) is 5.97 Å². The maximum Gasteiger partial charge on any atom is 0.331 e. The monoisotopic (exact) mass is 265 g/mol. The van der Waals surface area contributed by atoms with E-state index in [4.69, 9.17) is 4.74 Å². The highest BCUT2D eigenvalue weighted by molar-refractivity contribution is 7.99. The molecule has 1 aromatic carbocycles. The summed E-state index contributed by atoms with van der Waals surface area (Å²) in [5.74, 6) is 0.780. The molecule has 1 unspecified atom stereocenters. The number of carbonyl (C=O) groups excluding carboxylic acids is 1. The summed E-state index contributed by atoms with van der Waals surface area (Å²) in [4.78, 5) is 13.6. The molecule has 0 saturated carbocycles. The minimum Gasteiger partial charge on any atom is -0.464 e. The van der Waals surface area contributed by atoms with Gasteiger partial charge in [0.1, 0.15) is 5.54 Å². The van der Waals surface area contributed by atoms with Crippen molar-refractivity contribution in [1.82, 2.24) is 5.32 Å². The number of benzene rings is 1. The smallest absolute Gasteiger partial charge is 0.331 e. The Balaban J connectivity index is 2.45. The van der Waals surface area contributed by atoms with Crippen LogP contribution in [0, 0.1) is 0 Å². The van der Waals surface area contributed by atoms with E-state index in [1.165, 1.54) is 4.90 Å². The number of hydrogen-bond acceptors (Lipinski definition) is 4. The number of carbonyl (C=O) groups is 1. The van der Waals surface area contributed by atoms with Crippen LogP contribution in [0.3, 0.4) is 0 Å². The van der Waals surface area contributed by atoms with E-state index < -0.39 is 5.54 Å². The summed E-state index contributed by atoms with van der Waals surface area (Å²) in [5.41, 5.74) is 0.397. The van der Waals surface area contributed by atoms with Gasteiger partial charge in [-0.2, -0.15) is 0 Å². The van der Waals surface area contributed by atoms with Crippen molar-refractivity contribution < 1.29 is 9.53 Å². The second-order valence-electron chi connectivity index (χ2n) is 4.25. The first kappa shape index (κ1) is 13.4. The fraction of sp³-hybridized carbons (Fsp3) is 0.500. The van der Waals surface area contributed by atoms with Crippen molar-refractivity contribution in [2.75, 3.05) is 18.9 Å². The molecule has 0 radical (unpaired) electrons. The standard InChI is InChI=1S/C14H19NO2S/c1-3-15-14(13(16)17-4-2)9-10-18-12-8-6-5-7-11(12)14/h5-8,15H,3-4,9-10H2,1-2H3. The Morgan fingerprint density at radius 1 is 1.44 bits per heavy atom. The maximum atomic E-state index is 12.4. The lowest BCUT2D eigenvalue weighted by atomic mass is 9.86. The molecule has 0 amide bonds. The Labute approximate surface area is 112 Å². The van der Waals surface area contributed by atoms with Gasteiger partial charge in [-0.3, -0.25) is 5.32 Å². The zero-order valence-electron chi connectivity index (χ0n) is 10.9. The molecule has 1 atom stereocenters. The van der Waals surface area contributed by atoms with E-state index in [9.17, 15) is 4.79 Å². The average Bonchev–Trinajstić information content (AvgIpc) is 2.39. The van der Waals surface area contributed by atoms with Gasteiger partial charge in [0.15, 0.2) is 0 Å². The van der Waals surface area contributed by atoms with Crippen LogP contribution >= 0.6 is 11.8 Å². The largest absolute Gasteiger partial charge is 0.464 e. The SMILES string of the molecule is CCNC1(C(=O)OCC)CCSc2ccccc21. The van der Waals surface area contributed by atoms with Gasteiger partial charge in [0, 0.05) is 10.6 Å². The van der Waals surface area contributed by atoms with E-state index in [0.29, 0.717) is 6.61 Å². The van der Waals surface area contributed by atoms with Crippen molar-refractivity contribution in [2.24, 2.45) is 0 Å². The maximum absolute atomic E-state index is 12.4. The fourth-order valence-corrected chi connectivity index (χ4v) is 3.62. The van der Waals surface area contributed by atoms with Crippen LogP contribution in [0.2, 0.25) is 0 Å². The molecule has 1 aliphatic heterocycles. The molecule has 0 spiro atoms. The van der Waals surface area contributed by atoms with Gasteiger partial charge in [-0.05, 0) is 31.5 Å². The first-order valence-electron chi connectivity index (χ1n) is 6.39.